The highest BCUT2D eigenvalue weighted by molar-refractivity contribution is 5.98. The van der Waals surface area contributed by atoms with Gasteiger partial charge in [-0.1, -0.05) is 13.8 Å². The zero-order valence-corrected chi connectivity index (χ0v) is 18.4. The molecule has 0 radical (unpaired) electrons. The number of benzene rings is 1. The molecule has 0 spiro atoms. The van der Waals surface area contributed by atoms with Crippen molar-refractivity contribution in [3.05, 3.63) is 28.8 Å². The molecule has 0 N–H and O–H groups in total. The van der Waals surface area contributed by atoms with E-state index >= 15 is 0 Å². The molecule has 0 aliphatic carbocycles. The molecule has 0 fully saturated rings. The minimum absolute atomic E-state index is 0.0494. The van der Waals surface area contributed by atoms with Crippen LogP contribution in [0.15, 0.2) is 17.7 Å². The Morgan fingerprint density at radius 2 is 2.07 bits per heavy atom. The Balaban J connectivity index is 2.49. The number of rotatable bonds is 8. The lowest BCUT2D eigenvalue weighted by molar-refractivity contribution is -0.139. The Morgan fingerprint density at radius 1 is 1.34 bits per heavy atom. The van der Waals surface area contributed by atoms with Crippen LogP contribution in [0.25, 0.3) is 6.08 Å². The summed E-state index contributed by atoms with van der Waals surface area (Å²) in [6.07, 6.45) is 3.62. The number of nitrogens with zero attached hydrogens (tertiary/aromatic N) is 2. The summed E-state index contributed by atoms with van der Waals surface area (Å²) < 4.78 is 15.6. The number of hydrogen-bond donors (Lipinski definition) is 0. The van der Waals surface area contributed by atoms with Gasteiger partial charge in [0, 0.05) is 36.5 Å². The van der Waals surface area contributed by atoms with E-state index in [1.807, 2.05) is 18.2 Å². The Bertz CT molecular complexity index is 808. The number of esters is 1. The maximum absolute atomic E-state index is 12.2. The molecule has 1 aromatic rings. The molecule has 1 aliphatic rings. The van der Waals surface area contributed by atoms with Gasteiger partial charge in [-0.05, 0) is 50.3 Å². The Labute approximate surface area is 174 Å². The van der Waals surface area contributed by atoms with Crippen LogP contribution in [0.5, 0.6) is 5.75 Å². The van der Waals surface area contributed by atoms with Gasteiger partial charge in [0.25, 0.3) is 0 Å². The molecule has 0 amide bonds. The van der Waals surface area contributed by atoms with E-state index in [4.69, 9.17) is 14.2 Å². The Morgan fingerprint density at radius 3 is 2.66 bits per heavy atom. The van der Waals surface area contributed by atoms with E-state index in [0.717, 1.165) is 25.1 Å². The van der Waals surface area contributed by atoms with Crippen molar-refractivity contribution in [3.8, 4) is 11.8 Å². The fourth-order valence-electron chi connectivity index (χ4n) is 4.05. The van der Waals surface area contributed by atoms with Crippen LogP contribution in [0, 0.1) is 11.3 Å². The molecule has 0 aromatic heterocycles. The number of nitriles is 1. The molecule has 6 heteroatoms. The number of methoxy groups -OCH3 is 2. The summed E-state index contributed by atoms with van der Waals surface area (Å²) >= 11 is 0. The lowest BCUT2D eigenvalue weighted by atomic mass is 9.79. The zero-order chi connectivity index (χ0) is 21.6. The molecule has 158 valence electrons. The second kappa shape index (κ2) is 9.80. The maximum Gasteiger partial charge on any atom is 0.348 e. The Hall–Kier alpha value is -2.52. The highest BCUT2D eigenvalue weighted by Gasteiger charge is 2.36. The monoisotopic (exact) mass is 400 g/mol. The van der Waals surface area contributed by atoms with Crippen LogP contribution in [0.2, 0.25) is 0 Å². The van der Waals surface area contributed by atoms with E-state index in [-0.39, 0.29) is 24.3 Å². The number of anilines is 1. The van der Waals surface area contributed by atoms with Crippen molar-refractivity contribution in [3.63, 3.8) is 0 Å². The summed E-state index contributed by atoms with van der Waals surface area (Å²) in [6, 6.07) is 6.01. The van der Waals surface area contributed by atoms with Gasteiger partial charge in [-0.15, -0.1) is 0 Å². The lowest BCUT2D eigenvalue weighted by Gasteiger charge is -2.47. The van der Waals surface area contributed by atoms with Gasteiger partial charge in [0.05, 0.1) is 13.7 Å². The lowest BCUT2D eigenvalue weighted by Crippen LogP contribution is -2.48. The van der Waals surface area contributed by atoms with Gasteiger partial charge in [0.15, 0.2) is 0 Å². The molecule has 6 nitrogen and oxygen atoms in total. The van der Waals surface area contributed by atoms with Gasteiger partial charge in [-0.25, -0.2) is 4.79 Å². The van der Waals surface area contributed by atoms with Crippen LogP contribution < -0.4 is 9.64 Å². The Kier molecular flexibility index (Phi) is 7.69. The molecule has 1 aliphatic heterocycles. The van der Waals surface area contributed by atoms with Gasteiger partial charge in [0.2, 0.25) is 0 Å². The summed E-state index contributed by atoms with van der Waals surface area (Å²) in [5.74, 6) is 0.323. The third kappa shape index (κ3) is 5.10. The van der Waals surface area contributed by atoms with Crippen LogP contribution in [-0.2, 0) is 14.3 Å². The minimum atomic E-state index is -0.661. The smallest absolute Gasteiger partial charge is 0.348 e. The molecule has 1 aromatic carbocycles. The molecule has 0 saturated carbocycles. The van der Waals surface area contributed by atoms with Crippen molar-refractivity contribution in [2.75, 3.05) is 38.9 Å². The van der Waals surface area contributed by atoms with Crippen LogP contribution in [0.3, 0.4) is 0 Å². The highest BCUT2D eigenvalue weighted by Crippen LogP contribution is 2.46. The first kappa shape index (κ1) is 22.8. The standard InChI is InChI=1S/C23H32N2O4/c1-7-8-25-20-13-21(28-6)17(12-19(20)16(2)14-23(25,3)4)11-18(15-24)22(26)29-10-9-27-5/h11-13,16H,7-10,14H2,1-6H3/b18-11-. The van der Waals surface area contributed by atoms with E-state index in [1.165, 1.54) is 12.7 Å². The van der Waals surface area contributed by atoms with Crippen molar-refractivity contribution in [2.24, 2.45) is 0 Å². The van der Waals surface area contributed by atoms with Crippen LogP contribution in [0.1, 0.15) is 57.6 Å². The first-order valence-corrected chi connectivity index (χ1v) is 10.1. The predicted molar refractivity (Wildman–Crippen MR) is 114 cm³/mol. The number of fused-ring (bicyclic) bond motifs is 1. The molecule has 1 atom stereocenters. The second-order valence-electron chi connectivity index (χ2n) is 8.02. The SMILES string of the molecule is CCCN1c2cc(OC)c(/C=C(/C#N)C(=O)OCCOC)cc2C(C)CC1(C)C. The van der Waals surface area contributed by atoms with Gasteiger partial charge < -0.3 is 19.1 Å². The fraction of sp³-hybridized carbons (Fsp3) is 0.565. The molecule has 0 bridgehead atoms. The highest BCUT2D eigenvalue weighted by atomic mass is 16.6. The quantitative estimate of drug-likeness (QED) is 0.280. The fourth-order valence-corrected chi connectivity index (χ4v) is 4.05. The van der Waals surface area contributed by atoms with Gasteiger partial charge in [-0.3, -0.25) is 0 Å². The normalized spacial score (nSPS) is 18.0. The number of carbonyl (C=O) groups is 1. The molecular formula is C23H32N2O4. The molecule has 1 unspecified atom stereocenters. The van der Waals surface area contributed by atoms with E-state index in [9.17, 15) is 10.1 Å². The van der Waals surface area contributed by atoms with Crippen molar-refractivity contribution in [1.29, 1.82) is 5.26 Å². The van der Waals surface area contributed by atoms with Gasteiger partial charge >= 0.3 is 5.97 Å². The molecule has 2 rings (SSSR count). The van der Waals surface area contributed by atoms with Crippen LogP contribution >= 0.6 is 0 Å². The average Bonchev–Trinajstić information content (AvgIpc) is 2.68. The van der Waals surface area contributed by atoms with Crippen LogP contribution in [-0.4, -0.2) is 45.5 Å². The number of hydrogen-bond acceptors (Lipinski definition) is 6. The summed E-state index contributed by atoms with van der Waals surface area (Å²) in [4.78, 5) is 14.6. The average molecular weight is 401 g/mol. The largest absolute Gasteiger partial charge is 0.496 e. The van der Waals surface area contributed by atoms with Crippen molar-refractivity contribution in [1.82, 2.24) is 0 Å². The topological polar surface area (TPSA) is 71.8 Å². The zero-order valence-electron chi connectivity index (χ0n) is 18.4. The van der Waals surface area contributed by atoms with Gasteiger partial charge in [0.1, 0.15) is 24.0 Å². The van der Waals surface area contributed by atoms with E-state index in [0.29, 0.717) is 17.2 Å². The third-order valence-corrected chi connectivity index (χ3v) is 5.35. The van der Waals surface area contributed by atoms with Gasteiger partial charge in [-0.2, -0.15) is 5.26 Å². The van der Waals surface area contributed by atoms with Crippen molar-refractivity contribution in [2.45, 2.75) is 52.0 Å². The minimum Gasteiger partial charge on any atom is -0.496 e. The van der Waals surface area contributed by atoms with Crippen LogP contribution in [0.4, 0.5) is 5.69 Å². The van der Waals surface area contributed by atoms with E-state index in [2.05, 4.69) is 32.6 Å². The summed E-state index contributed by atoms with van der Waals surface area (Å²) in [7, 11) is 3.13. The van der Waals surface area contributed by atoms with Crippen molar-refractivity contribution >= 4 is 17.7 Å². The van der Waals surface area contributed by atoms with E-state index in [1.54, 1.807) is 13.2 Å². The first-order chi connectivity index (χ1) is 13.8. The predicted octanol–water partition coefficient (Wildman–Crippen LogP) is 4.29. The maximum atomic E-state index is 12.2. The molecular weight excluding hydrogens is 368 g/mol. The van der Waals surface area contributed by atoms with Crippen molar-refractivity contribution < 1.29 is 19.0 Å². The third-order valence-electron chi connectivity index (χ3n) is 5.35. The molecule has 29 heavy (non-hydrogen) atoms. The summed E-state index contributed by atoms with van der Waals surface area (Å²) in [5, 5.41) is 9.45. The second-order valence-corrected chi connectivity index (χ2v) is 8.02. The molecule has 1 heterocycles. The summed E-state index contributed by atoms with van der Waals surface area (Å²) in [6.45, 7) is 10.3. The number of carbonyl (C=O) groups excluding carboxylic acids is 1. The number of ether oxygens (including phenoxy) is 3. The first-order valence-electron chi connectivity index (χ1n) is 10.1. The van der Waals surface area contributed by atoms with E-state index < -0.39 is 5.97 Å². The molecule has 0 saturated heterocycles. The summed E-state index contributed by atoms with van der Waals surface area (Å²) in [5.41, 5.74) is 3.05.